The number of carbonyl (C=O) groups is 4. The Labute approximate surface area is 252 Å². The summed E-state index contributed by atoms with van der Waals surface area (Å²) in [5, 5.41) is 24.0. The standard InChI is InChI=1S/C32H46O11/c1-8-9-10-11-12-13-25(36)41-21-17-22(35)29(5)15-14-23(39-19(3)33)30(6,38)26(29)27(40-20(4)34)32-24(16-18(21)2)42-28(37)31(32,7)43-32/h14-16,21-24,26-27,35,38H,8-13,17H2,1-7H3/b18-16-/t21-,22+,23-,24+,26-,27+,29-,30-,31+,32+/m1/s1. The number of epoxide rings is 1. The van der Waals surface area contributed by atoms with Crippen molar-refractivity contribution in [2.75, 3.05) is 0 Å². The molecule has 2 aliphatic heterocycles. The highest BCUT2D eigenvalue weighted by atomic mass is 16.7. The van der Waals surface area contributed by atoms with Gasteiger partial charge in [-0.3, -0.25) is 14.4 Å². The fraction of sp³-hybridized carbons (Fsp3) is 0.750. The fourth-order valence-electron chi connectivity index (χ4n) is 7.30. The second-order valence-electron chi connectivity index (χ2n) is 13.0. The van der Waals surface area contributed by atoms with Crippen LogP contribution in [0.25, 0.3) is 0 Å². The summed E-state index contributed by atoms with van der Waals surface area (Å²) in [5.74, 6) is -3.61. The molecule has 0 saturated carbocycles. The predicted octanol–water partition coefficient (Wildman–Crippen LogP) is 3.23. The number of hydrogen-bond donors (Lipinski definition) is 2. The molecule has 0 aromatic heterocycles. The van der Waals surface area contributed by atoms with Gasteiger partial charge in [-0.1, -0.05) is 45.6 Å². The van der Waals surface area contributed by atoms with Crippen LogP contribution in [-0.4, -0.2) is 81.4 Å². The Morgan fingerprint density at radius 2 is 1.67 bits per heavy atom. The molecule has 11 heteroatoms. The number of ether oxygens (including phenoxy) is 5. The van der Waals surface area contributed by atoms with Crippen molar-refractivity contribution in [3.05, 3.63) is 23.8 Å². The Kier molecular flexibility index (Phi) is 9.22. The van der Waals surface area contributed by atoms with Crippen molar-refractivity contribution in [2.24, 2.45) is 11.3 Å². The molecule has 0 aromatic rings. The molecule has 4 rings (SSSR count). The van der Waals surface area contributed by atoms with Crippen LogP contribution in [0.5, 0.6) is 0 Å². The molecular formula is C32H46O11. The maximum Gasteiger partial charge on any atom is 0.342 e. The van der Waals surface area contributed by atoms with Gasteiger partial charge in [0.05, 0.1) is 6.10 Å². The van der Waals surface area contributed by atoms with Crippen LogP contribution in [-0.2, 0) is 42.9 Å². The quantitative estimate of drug-likeness (QED) is 0.130. The van der Waals surface area contributed by atoms with Crippen molar-refractivity contribution in [3.8, 4) is 0 Å². The normalized spacial score (nSPS) is 42.7. The number of aliphatic hydroxyl groups excluding tert-OH is 1. The van der Waals surface area contributed by atoms with E-state index in [1.807, 2.05) is 0 Å². The summed E-state index contributed by atoms with van der Waals surface area (Å²) in [7, 11) is 0. The van der Waals surface area contributed by atoms with Gasteiger partial charge in [0.25, 0.3) is 0 Å². The number of fused-ring (bicyclic) bond motifs is 1. The van der Waals surface area contributed by atoms with Gasteiger partial charge < -0.3 is 33.9 Å². The Morgan fingerprint density at radius 3 is 2.28 bits per heavy atom. The second kappa shape index (κ2) is 12.0. The molecule has 11 nitrogen and oxygen atoms in total. The van der Waals surface area contributed by atoms with Gasteiger partial charge in [0.1, 0.15) is 23.9 Å². The highest BCUT2D eigenvalue weighted by Crippen LogP contribution is 2.65. The Balaban J connectivity index is 1.81. The van der Waals surface area contributed by atoms with E-state index in [-0.39, 0.29) is 12.8 Å². The van der Waals surface area contributed by atoms with Gasteiger partial charge in [0.2, 0.25) is 0 Å². The van der Waals surface area contributed by atoms with Crippen molar-refractivity contribution >= 4 is 23.9 Å². The molecule has 0 amide bonds. The van der Waals surface area contributed by atoms with Gasteiger partial charge in [-0.25, -0.2) is 4.79 Å². The highest BCUT2D eigenvalue weighted by Gasteiger charge is 2.87. The van der Waals surface area contributed by atoms with E-state index in [1.54, 1.807) is 26.0 Å². The summed E-state index contributed by atoms with van der Waals surface area (Å²) in [6.45, 7) is 10.9. The van der Waals surface area contributed by atoms with E-state index in [4.69, 9.17) is 23.7 Å². The van der Waals surface area contributed by atoms with Crippen molar-refractivity contribution < 1.29 is 53.1 Å². The number of unbranched alkanes of at least 4 members (excludes halogenated alkanes) is 4. The van der Waals surface area contributed by atoms with Gasteiger partial charge in [0.15, 0.2) is 17.3 Å². The summed E-state index contributed by atoms with van der Waals surface area (Å²) in [6, 6.07) is 0. The van der Waals surface area contributed by atoms with Gasteiger partial charge in [-0.2, -0.15) is 0 Å². The molecule has 4 aliphatic rings. The summed E-state index contributed by atoms with van der Waals surface area (Å²) >= 11 is 0. The first-order chi connectivity index (χ1) is 20.0. The van der Waals surface area contributed by atoms with Crippen LogP contribution in [0, 0.1) is 11.3 Å². The molecule has 10 atom stereocenters. The zero-order valence-electron chi connectivity index (χ0n) is 26.2. The molecule has 0 bridgehead atoms. The summed E-state index contributed by atoms with van der Waals surface area (Å²) in [5.41, 5.74) is -5.84. The minimum absolute atomic E-state index is 0.0614. The Hall–Kier alpha value is -2.76. The lowest BCUT2D eigenvalue weighted by atomic mass is 9.55. The molecular weight excluding hydrogens is 560 g/mol. The number of carbonyl (C=O) groups excluding carboxylic acids is 4. The van der Waals surface area contributed by atoms with E-state index >= 15 is 0 Å². The molecule has 2 N–H and O–H groups in total. The summed E-state index contributed by atoms with van der Waals surface area (Å²) in [4.78, 5) is 50.7. The molecule has 1 spiro atoms. The van der Waals surface area contributed by atoms with Crippen LogP contribution in [0.1, 0.15) is 93.4 Å². The average molecular weight is 607 g/mol. The molecule has 0 unspecified atom stereocenters. The van der Waals surface area contributed by atoms with E-state index in [2.05, 4.69) is 6.92 Å². The smallest absolute Gasteiger partial charge is 0.342 e. The first-order valence-electron chi connectivity index (χ1n) is 15.3. The highest BCUT2D eigenvalue weighted by molar-refractivity contribution is 5.89. The maximum absolute atomic E-state index is 13.2. The Morgan fingerprint density at radius 1 is 1.02 bits per heavy atom. The average Bonchev–Trinajstić information content (AvgIpc) is 3.49. The largest absolute Gasteiger partial charge is 0.459 e. The minimum atomic E-state index is -1.92. The number of aliphatic hydroxyl groups is 2. The lowest BCUT2D eigenvalue weighted by molar-refractivity contribution is -0.216. The Bertz CT molecular complexity index is 1190. The van der Waals surface area contributed by atoms with Gasteiger partial charge in [0, 0.05) is 38.0 Å². The lowest BCUT2D eigenvalue weighted by Gasteiger charge is -2.54. The topological polar surface area (TPSA) is 158 Å². The number of hydrogen-bond acceptors (Lipinski definition) is 11. The third-order valence-corrected chi connectivity index (χ3v) is 9.78. The van der Waals surface area contributed by atoms with E-state index in [1.165, 1.54) is 33.8 Å². The monoisotopic (exact) mass is 606 g/mol. The van der Waals surface area contributed by atoms with Crippen molar-refractivity contribution in [3.63, 3.8) is 0 Å². The van der Waals surface area contributed by atoms with E-state index in [0.717, 1.165) is 25.7 Å². The molecule has 240 valence electrons. The van der Waals surface area contributed by atoms with Crippen LogP contribution in [0.15, 0.2) is 23.8 Å². The first kappa shape index (κ1) is 33.1. The van der Waals surface area contributed by atoms with Gasteiger partial charge in [-0.05, 0) is 44.9 Å². The predicted molar refractivity (Wildman–Crippen MR) is 152 cm³/mol. The summed E-state index contributed by atoms with van der Waals surface area (Å²) in [6.07, 6.45) is 3.99. The van der Waals surface area contributed by atoms with E-state index in [9.17, 15) is 29.4 Å². The molecule has 2 aliphatic carbocycles. The van der Waals surface area contributed by atoms with E-state index < -0.39 is 82.5 Å². The van der Waals surface area contributed by atoms with Crippen LogP contribution in [0.3, 0.4) is 0 Å². The van der Waals surface area contributed by atoms with Gasteiger partial charge in [-0.15, -0.1) is 0 Å². The minimum Gasteiger partial charge on any atom is -0.459 e. The third-order valence-electron chi connectivity index (χ3n) is 9.78. The van der Waals surface area contributed by atoms with Crippen LogP contribution in [0.2, 0.25) is 0 Å². The molecule has 2 heterocycles. The molecule has 0 radical (unpaired) electrons. The lowest BCUT2D eigenvalue weighted by Crippen LogP contribution is -2.67. The van der Waals surface area contributed by atoms with Crippen LogP contribution in [0.4, 0.5) is 0 Å². The van der Waals surface area contributed by atoms with Crippen molar-refractivity contribution in [1.29, 1.82) is 0 Å². The number of rotatable bonds is 9. The number of esters is 4. The van der Waals surface area contributed by atoms with Crippen molar-refractivity contribution in [2.45, 2.75) is 141 Å². The SMILES string of the molecule is CCCCCCCC(=O)O[C@@H]1C[C@H](O)[C@@]2(C)C=C[C@@H](OC(C)=O)[C@@](C)(O)[C@@H]2[C@H](OC(C)=O)[C@]23O[C@@]2(C)C(=O)O[C@H]3/C=C\1C. The zero-order valence-corrected chi connectivity index (χ0v) is 26.2. The van der Waals surface area contributed by atoms with E-state index in [0.29, 0.717) is 12.0 Å². The summed E-state index contributed by atoms with van der Waals surface area (Å²) < 4.78 is 29.2. The van der Waals surface area contributed by atoms with Crippen LogP contribution >= 0.6 is 0 Å². The first-order valence-corrected chi connectivity index (χ1v) is 15.3. The van der Waals surface area contributed by atoms with Crippen molar-refractivity contribution in [1.82, 2.24) is 0 Å². The molecule has 2 fully saturated rings. The molecule has 43 heavy (non-hydrogen) atoms. The van der Waals surface area contributed by atoms with Crippen LogP contribution < -0.4 is 0 Å². The fourth-order valence-corrected chi connectivity index (χ4v) is 7.30. The molecule has 0 aromatic carbocycles. The molecule has 2 saturated heterocycles. The van der Waals surface area contributed by atoms with Gasteiger partial charge >= 0.3 is 23.9 Å². The third kappa shape index (κ3) is 5.76. The second-order valence-corrected chi connectivity index (χ2v) is 13.0. The zero-order chi connectivity index (χ0) is 32.0. The maximum atomic E-state index is 13.2.